The van der Waals surface area contributed by atoms with Crippen LogP contribution in [0.5, 0.6) is 0 Å². The van der Waals surface area contributed by atoms with Crippen molar-refractivity contribution in [1.82, 2.24) is 4.98 Å². The molecule has 0 saturated carbocycles. The number of aliphatic hydroxyl groups excluding tert-OH is 1. The molecule has 0 aromatic carbocycles. The van der Waals surface area contributed by atoms with E-state index in [2.05, 4.69) is 30.2 Å². The van der Waals surface area contributed by atoms with E-state index in [9.17, 15) is 5.11 Å². The van der Waals surface area contributed by atoms with Crippen LogP contribution in [-0.2, 0) is 12.8 Å². The highest BCUT2D eigenvalue weighted by atomic mass is 16.3. The molecule has 0 saturated heterocycles. The van der Waals surface area contributed by atoms with Crippen molar-refractivity contribution in [2.24, 2.45) is 5.92 Å². The van der Waals surface area contributed by atoms with Crippen LogP contribution < -0.4 is 5.32 Å². The van der Waals surface area contributed by atoms with E-state index in [4.69, 9.17) is 0 Å². The van der Waals surface area contributed by atoms with Gasteiger partial charge in [-0.05, 0) is 36.8 Å². The van der Waals surface area contributed by atoms with Gasteiger partial charge in [-0.15, -0.1) is 0 Å². The number of nitrogens with one attached hydrogen (secondary N) is 1. The Morgan fingerprint density at radius 2 is 2.19 bits per heavy atom. The summed E-state index contributed by atoms with van der Waals surface area (Å²) in [6.07, 6.45) is 3.48. The van der Waals surface area contributed by atoms with Gasteiger partial charge < -0.3 is 10.4 Å². The molecule has 1 aromatic heterocycles. The molecule has 0 aliphatic heterocycles. The fraction of sp³-hybridized carbons (Fsp3) is 0.615. The molecule has 16 heavy (non-hydrogen) atoms. The van der Waals surface area contributed by atoms with Gasteiger partial charge in [0.05, 0.1) is 12.6 Å². The van der Waals surface area contributed by atoms with Gasteiger partial charge in [-0.3, -0.25) is 0 Å². The number of nitrogens with zero attached hydrogens (tertiary/aromatic N) is 1. The van der Waals surface area contributed by atoms with Crippen molar-refractivity contribution in [3.63, 3.8) is 0 Å². The number of aliphatic hydroxyl groups is 1. The molecule has 1 aliphatic carbocycles. The SMILES string of the molecule is CC(C)C(CO)Nc1ccc2c(n1)CCC2. The minimum Gasteiger partial charge on any atom is -0.394 e. The second kappa shape index (κ2) is 4.83. The molecule has 1 unspecified atom stereocenters. The lowest BCUT2D eigenvalue weighted by atomic mass is 10.1. The number of hydrogen-bond donors (Lipinski definition) is 2. The molecule has 3 nitrogen and oxygen atoms in total. The summed E-state index contributed by atoms with van der Waals surface area (Å²) >= 11 is 0. The topological polar surface area (TPSA) is 45.1 Å². The van der Waals surface area contributed by atoms with Gasteiger partial charge in [-0.2, -0.15) is 0 Å². The first-order valence-electron chi connectivity index (χ1n) is 6.07. The van der Waals surface area contributed by atoms with Crippen molar-refractivity contribution in [2.75, 3.05) is 11.9 Å². The lowest BCUT2D eigenvalue weighted by molar-refractivity contribution is 0.249. The Morgan fingerprint density at radius 3 is 2.88 bits per heavy atom. The molecule has 2 N–H and O–H groups in total. The minimum atomic E-state index is 0.0898. The van der Waals surface area contributed by atoms with Gasteiger partial charge in [0.25, 0.3) is 0 Å². The molecule has 0 radical (unpaired) electrons. The average molecular weight is 220 g/mol. The summed E-state index contributed by atoms with van der Waals surface area (Å²) in [5, 5.41) is 12.6. The molecule has 2 rings (SSSR count). The third-order valence-electron chi connectivity index (χ3n) is 3.26. The highest BCUT2D eigenvalue weighted by Crippen LogP contribution is 2.22. The summed E-state index contributed by atoms with van der Waals surface area (Å²) in [7, 11) is 0. The number of fused-ring (bicyclic) bond motifs is 1. The Labute approximate surface area is 96.9 Å². The Balaban J connectivity index is 2.10. The maximum Gasteiger partial charge on any atom is 0.126 e. The van der Waals surface area contributed by atoms with E-state index in [0.717, 1.165) is 18.7 Å². The van der Waals surface area contributed by atoms with Crippen LogP contribution in [-0.4, -0.2) is 22.7 Å². The van der Waals surface area contributed by atoms with Crippen LogP contribution in [0.4, 0.5) is 5.82 Å². The van der Waals surface area contributed by atoms with Crippen LogP contribution in [0.2, 0.25) is 0 Å². The number of anilines is 1. The zero-order valence-electron chi connectivity index (χ0n) is 10.0. The Bertz CT molecular complexity index is 363. The van der Waals surface area contributed by atoms with Crippen molar-refractivity contribution in [2.45, 2.75) is 39.2 Å². The van der Waals surface area contributed by atoms with Crippen LogP contribution in [0, 0.1) is 5.92 Å². The van der Waals surface area contributed by atoms with E-state index in [-0.39, 0.29) is 12.6 Å². The first kappa shape index (κ1) is 11.4. The number of aromatic nitrogens is 1. The molecule has 0 amide bonds. The van der Waals surface area contributed by atoms with Gasteiger partial charge in [0.1, 0.15) is 5.82 Å². The molecule has 88 valence electrons. The second-order valence-electron chi connectivity index (χ2n) is 4.83. The molecule has 0 fully saturated rings. The van der Waals surface area contributed by atoms with Crippen molar-refractivity contribution in [1.29, 1.82) is 0 Å². The first-order chi connectivity index (χ1) is 7.70. The molecular formula is C13H20N2O. The number of aryl methyl sites for hydroxylation is 2. The summed E-state index contributed by atoms with van der Waals surface area (Å²) in [5.41, 5.74) is 2.61. The lowest BCUT2D eigenvalue weighted by Gasteiger charge is -2.20. The van der Waals surface area contributed by atoms with Crippen LogP contribution >= 0.6 is 0 Å². The Kier molecular flexibility index (Phi) is 3.44. The van der Waals surface area contributed by atoms with Gasteiger partial charge in [-0.25, -0.2) is 4.98 Å². The van der Waals surface area contributed by atoms with Crippen molar-refractivity contribution < 1.29 is 5.11 Å². The van der Waals surface area contributed by atoms with Crippen molar-refractivity contribution >= 4 is 5.82 Å². The van der Waals surface area contributed by atoms with Gasteiger partial charge in [-0.1, -0.05) is 19.9 Å². The molecule has 3 heteroatoms. The Hall–Kier alpha value is -1.09. The van der Waals surface area contributed by atoms with Gasteiger partial charge in [0, 0.05) is 5.69 Å². The number of rotatable bonds is 4. The zero-order valence-corrected chi connectivity index (χ0v) is 10.0. The quantitative estimate of drug-likeness (QED) is 0.815. The van der Waals surface area contributed by atoms with Crippen LogP contribution in [0.3, 0.4) is 0 Å². The highest BCUT2D eigenvalue weighted by Gasteiger charge is 2.15. The molecule has 1 atom stereocenters. The summed E-state index contributed by atoms with van der Waals surface area (Å²) < 4.78 is 0. The predicted molar refractivity (Wildman–Crippen MR) is 65.6 cm³/mol. The third kappa shape index (κ3) is 2.35. The van der Waals surface area contributed by atoms with Gasteiger partial charge in [0.15, 0.2) is 0 Å². The normalized spacial score (nSPS) is 16.2. The molecule has 1 heterocycles. The fourth-order valence-corrected chi connectivity index (χ4v) is 2.11. The van der Waals surface area contributed by atoms with E-state index in [1.165, 1.54) is 17.7 Å². The molecule has 0 spiro atoms. The summed E-state index contributed by atoms with van der Waals surface area (Å²) in [6, 6.07) is 4.27. The largest absolute Gasteiger partial charge is 0.394 e. The van der Waals surface area contributed by atoms with Crippen LogP contribution in [0.25, 0.3) is 0 Å². The lowest BCUT2D eigenvalue weighted by Crippen LogP contribution is -2.29. The molecule has 1 aromatic rings. The summed E-state index contributed by atoms with van der Waals surface area (Å²) in [5.74, 6) is 1.30. The fourth-order valence-electron chi connectivity index (χ4n) is 2.11. The maximum absolute atomic E-state index is 9.26. The second-order valence-corrected chi connectivity index (χ2v) is 4.83. The summed E-state index contributed by atoms with van der Waals surface area (Å²) in [6.45, 7) is 4.35. The third-order valence-corrected chi connectivity index (χ3v) is 3.26. The predicted octanol–water partition coefficient (Wildman–Crippen LogP) is 2.00. The van der Waals surface area contributed by atoms with Crippen molar-refractivity contribution in [3.8, 4) is 0 Å². The zero-order chi connectivity index (χ0) is 11.5. The number of pyridine rings is 1. The monoisotopic (exact) mass is 220 g/mol. The van der Waals surface area contributed by atoms with E-state index >= 15 is 0 Å². The molecule has 0 bridgehead atoms. The maximum atomic E-state index is 9.26. The summed E-state index contributed by atoms with van der Waals surface area (Å²) in [4.78, 5) is 4.60. The molecular weight excluding hydrogens is 200 g/mol. The van der Waals surface area contributed by atoms with Gasteiger partial charge in [0.2, 0.25) is 0 Å². The highest BCUT2D eigenvalue weighted by molar-refractivity contribution is 5.41. The van der Waals surface area contributed by atoms with E-state index in [1.807, 2.05) is 6.07 Å². The number of hydrogen-bond acceptors (Lipinski definition) is 3. The van der Waals surface area contributed by atoms with Crippen LogP contribution in [0.15, 0.2) is 12.1 Å². The smallest absolute Gasteiger partial charge is 0.126 e. The van der Waals surface area contributed by atoms with Crippen molar-refractivity contribution in [3.05, 3.63) is 23.4 Å². The molecule has 1 aliphatic rings. The van der Waals surface area contributed by atoms with E-state index in [0.29, 0.717) is 5.92 Å². The van der Waals surface area contributed by atoms with E-state index in [1.54, 1.807) is 0 Å². The van der Waals surface area contributed by atoms with Crippen LogP contribution in [0.1, 0.15) is 31.5 Å². The average Bonchev–Trinajstić information content (AvgIpc) is 2.72. The minimum absolute atomic E-state index is 0.0898. The van der Waals surface area contributed by atoms with E-state index < -0.39 is 0 Å². The first-order valence-corrected chi connectivity index (χ1v) is 6.07. The Morgan fingerprint density at radius 1 is 1.38 bits per heavy atom. The van der Waals surface area contributed by atoms with Gasteiger partial charge >= 0.3 is 0 Å². The standard InChI is InChI=1S/C13H20N2O/c1-9(2)12(8-16)15-13-7-6-10-4-3-5-11(10)14-13/h6-7,9,12,16H,3-5,8H2,1-2H3,(H,14,15).